The minimum absolute atomic E-state index is 0.0990. The van der Waals surface area contributed by atoms with Gasteiger partial charge in [0.2, 0.25) is 0 Å². The number of hydrogen-bond donors (Lipinski definition) is 0. The molecular weight excluding hydrogens is 300 g/mol. The van der Waals surface area contributed by atoms with Gasteiger partial charge in [-0.1, -0.05) is 6.58 Å². The molecule has 3 nitrogen and oxygen atoms in total. The van der Waals surface area contributed by atoms with Crippen LogP contribution in [0, 0.1) is 41.4 Å². The van der Waals surface area contributed by atoms with Crippen LogP contribution in [-0.4, -0.2) is 23.8 Å². The van der Waals surface area contributed by atoms with Gasteiger partial charge in [-0.15, -0.1) is 0 Å². The monoisotopic (exact) mass is 328 g/mol. The van der Waals surface area contributed by atoms with Crippen LogP contribution in [0.25, 0.3) is 0 Å². The van der Waals surface area contributed by atoms with E-state index < -0.39 is 0 Å². The molecule has 5 aliphatic carbocycles. The summed E-state index contributed by atoms with van der Waals surface area (Å²) in [7, 11) is 0. The highest BCUT2D eigenvalue weighted by Gasteiger charge is 2.74. The van der Waals surface area contributed by atoms with E-state index in [2.05, 4.69) is 6.58 Å². The van der Waals surface area contributed by atoms with Crippen molar-refractivity contribution in [2.45, 2.75) is 69.7 Å². The average molecular weight is 328 g/mol. The number of carbonyl (C=O) groups is 1. The zero-order chi connectivity index (χ0) is 16.2. The van der Waals surface area contributed by atoms with Crippen molar-refractivity contribution < 1.29 is 14.3 Å². The average Bonchev–Trinajstić information content (AvgIpc) is 3.07. The highest BCUT2D eigenvalue weighted by Crippen LogP contribution is 2.73. The second-order valence-corrected chi connectivity index (χ2v) is 9.69. The normalized spacial score (nSPS) is 54.6. The lowest BCUT2D eigenvalue weighted by Gasteiger charge is -2.38. The molecule has 9 atom stereocenters. The molecule has 3 heteroatoms. The van der Waals surface area contributed by atoms with E-state index in [4.69, 9.17) is 9.47 Å². The summed E-state index contributed by atoms with van der Waals surface area (Å²) in [5, 5.41) is 0. The summed E-state index contributed by atoms with van der Waals surface area (Å²) in [6.45, 7) is 6.18. The smallest absolute Gasteiger partial charge is 0.310 e. The van der Waals surface area contributed by atoms with Gasteiger partial charge in [-0.2, -0.15) is 0 Å². The molecule has 1 aliphatic heterocycles. The molecular formula is C21H28O3. The molecule has 6 aliphatic rings. The molecule has 0 aromatic rings. The van der Waals surface area contributed by atoms with Crippen molar-refractivity contribution in [3.63, 3.8) is 0 Å². The molecule has 0 radical (unpaired) electrons. The molecule has 0 N–H and O–H groups in total. The molecule has 6 rings (SSSR count). The van der Waals surface area contributed by atoms with Gasteiger partial charge >= 0.3 is 5.97 Å². The second kappa shape index (κ2) is 4.47. The van der Waals surface area contributed by atoms with E-state index >= 15 is 0 Å². The molecule has 6 fully saturated rings. The third-order valence-corrected chi connectivity index (χ3v) is 8.86. The largest absolute Gasteiger partial charge is 0.454 e. The first kappa shape index (κ1) is 14.4. The Morgan fingerprint density at radius 2 is 1.75 bits per heavy atom. The van der Waals surface area contributed by atoms with Crippen molar-refractivity contribution in [1.29, 1.82) is 0 Å². The number of hydrogen-bond acceptors (Lipinski definition) is 3. The van der Waals surface area contributed by atoms with Crippen molar-refractivity contribution in [2.75, 3.05) is 0 Å². The van der Waals surface area contributed by atoms with E-state index in [9.17, 15) is 4.79 Å². The van der Waals surface area contributed by atoms with Crippen molar-refractivity contribution in [2.24, 2.45) is 41.4 Å². The summed E-state index contributed by atoms with van der Waals surface area (Å²) in [5.41, 5.74) is 0.695. The van der Waals surface area contributed by atoms with Crippen LogP contribution in [0.2, 0.25) is 0 Å². The first-order chi connectivity index (χ1) is 11.6. The highest BCUT2D eigenvalue weighted by atomic mass is 16.6. The molecule has 0 amide bonds. The minimum atomic E-state index is -0.350. The van der Waals surface area contributed by atoms with E-state index in [-0.39, 0.29) is 17.5 Å². The summed E-state index contributed by atoms with van der Waals surface area (Å²) in [4.78, 5) is 13.1. The van der Waals surface area contributed by atoms with E-state index in [0.717, 1.165) is 67.3 Å². The Morgan fingerprint density at radius 1 is 1.04 bits per heavy atom. The number of carbonyl (C=O) groups excluding carboxylic acids is 1. The summed E-state index contributed by atoms with van der Waals surface area (Å²) < 4.78 is 12.1. The van der Waals surface area contributed by atoms with Gasteiger partial charge in [-0.05, 0) is 93.0 Å². The second-order valence-electron chi connectivity index (χ2n) is 9.69. The van der Waals surface area contributed by atoms with Gasteiger partial charge in [-0.25, -0.2) is 0 Å². The Balaban J connectivity index is 1.23. The van der Waals surface area contributed by atoms with E-state index in [1.807, 2.05) is 6.92 Å². The third kappa shape index (κ3) is 1.61. The summed E-state index contributed by atoms with van der Waals surface area (Å²) in [6, 6.07) is 0. The third-order valence-electron chi connectivity index (χ3n) is 8.86. The van der Waals surface area contributed by atoms with Crippen molar-refractivity contribution in [1.82, 2.24) is 0 Å². The van der Waals surface area contributed by atoms with Gasteiger partial charge in [0.05, 0.1) is 18.1 Å². The van der Waals surface area contributed by atoms with Gasteiger partial charge in [0.15, 0.2) is 0 Å². The first-order valence-corrected chi connectivity index (χ1v) is 10.1. The molecule has 1 saturated heterocycles. The van der Waals surface area contributed by atoms with Crippen LogP contribution in [0.3, 0.4) is 0 Å². The maximum absolute atomic E-state index is 13.1. The minimum Gasteiger partial charge on any atom is -0.454 e. The number of ether oxygens (including phenoxy) is 2. The highest BCUT2D eigenvalue weighted by molar-refractivity contribution is 5.74. The first-order valence-electron chi connectivity index (χ1n) is 10.1. The van der Waals surface area contributed by atoms with Crippen molar-refractivity contribution in [3.05, 3.63) is 12.2 Å². The molecule has 130 valence electrons. The molecule has 9 unspecified atom stereocenters. The predicted octanol–water partition coefficient (Wildman–Crippen LogP) is 3.72. The molecule has 0 aromatic carbocycles. The van der Waals surface area contributed by atoms with E-state index in [0.29, 0.717) is 18.1 Å². The SMILES string of the molecule is C=C(C)C1(OC(=O)C2CC3CC2C2C4CC(C5OC45)C32)CCCC1. The molecule has 0 spiro atoms. The van der Waals surface area contributed by atoms with Crippen LogP contribution >= 0.6 is 0 Å². The van der Waals surface area contributed by atoms with Crippen LogP contribution in [0.15, 0.2) is 12.2 Å². The van der Waals surface area contributed by atoms with Crippen LogP contribution in [0.5, 0.6) is 0 Å². The standard InChI is InChI=1S/C21H28O3/c1-10(2)21(5-3-4-6-21)24-20(22)13-8-11-7-12(13)17-15-9-14(16(11)17)18-19(15)23-18/h11-19H,1,3-9H2,2H3. The molecule has 0 aromatic heterocycles. The van der Waals surface area contributed by atoms with Crippen LogP contribution in [0.4, 0.5) is 0 Å². The summed E-state index contributed by atoms with van der Waals surface area (Å²) >= 11 is 0. The predicted molar refractivity (Wildman–Crippen MR) is 89.0 cm³/mol. The topological polar surface area (TPSA) is 38.8 Å². The fourth-order valence-corrected chi connectivity index (χ4v) is 7.95. The van der Waals surface area contributed by atoms with Crippen LogP contribution in [0.1, 0.15) is 51.9 Å². The molecule has 1 heterocycles. The summed E-state index contributed by atoms with van der Waals surface area (Å²) in [5.74, 6) is 4.82. The maximum Gasteiger partial charge on any atom is 0.310 e. The van der Waals surface area contributed by atoms with Gasteiger partial charge < -0.3 is 9.47 Å². The number of fused-ring (bicyclic) bond motifs is 12. The Labute approximate surface area is 144 Å². The number of epoxide rings is 1. The van der Waals surface area contributed by atoms with Gasteiger partial charge in [0.25, 0.3) is 0 Å². The fourth-order valence-electron chi connectivity index (χ4n) is 7.95. The fraction of sp³-hybridized carbons (Fsp3) is 0.857. The lowest BCUT2D eigenvalue weighted by Crippen LogP contribution is -2.42. The van der Waals surface area contributed by atoms with Crippen molar-refractivity contribution >= 4 is 5.97 Å². The Morgan fingerprint density at radius 3 is 2.46 bits per heavy atom. The van der Waals surface area contributed by atoms with Crippen LogP contribution in [-0.2, 0) is 14.3 Å². The zero-order valence-corrected chi connectivity index (χ0v) is 14.6. The van der Waals surface area contributed by atoms with Gasteiger partial charge in [-0.3, -0.25) is 4.79 Å². The number of rotatable bonds is 3. The van der Waals surface area contributed by atoms with Crippen LogP contribution < -0.4 is 0 Å². The van der Waals surface area contributed by atoms with E-state index in [1.165, 1.54) is 12.8 Å². The van der Waals surface area contributed by atoms with Gasteiger partial charge in [0.1, 0.15) is 5.60 Å². The Hall–Kier alpha value is -0.830. The summed E-state index contributed by atoms with van der Waals surface area (Å²) in [6.07, 6.45) is 9.17. The Kier molecular flexibility index (Phi) is 2.67. The lowest BCUT2D eigenvalue weighted by molar-refractivity contribution is -0.164. The van der Waals surface area contributed by atoms with E-state index in [1.54, 1.807) is 0 Å². The van der Waals surface area contributed by atoms with Crippen molar-refractivity contribution in [3.8, 4) is 0 Å². The molecule has 24 heavy (non-hydrogen) atoms. The zero-order valence-electron chi connectivity index (χ0n) is 14.6. The molecule has 4 bridgehead atoms. The van der Waals surface area contributed by atoms with Gasteiger partial charge in [0, 0.05) is 0 Å². The molecule has 5 saturated carbocycles. The quantitative estimate of drug-likeness (QED) is 0.343. The maximum atomic E-state index is 13.1. The number of esters is 1. The lowest BCUT2D eigenvalue weighted by atomic mass is 9.67. The Bertz CT molecular complexity index is 619.